The lowest BCUT2D eigenvalue weighted by Crippen LogP contribution is -2.27. The molecule has 1 fully saturated rings. The minimum absolute atomic E-state index is 0.181. The fraction of sp³-hybridized carbons (Fsp3) is 0.306. The van der Waals surface area contributed by atoms with Crippen molar-refractivity contribution in [2.24, 2.45) is 14.1 Å². The van der Waals surface area contributed by atoms with Gasteiger partial charge in [0.25, 0.3) is 5.91 Å². The van der Waals surface area contributed by atoms with E-state index in [1.165, 1.54) is 41.5 Å². The molecule has 0 bridgehead atoms. The first-order valence-corrected chi connectivity index (χ1v) is 32.3. The van der Waals surface area contributed by atoms with Crippen molar-refractivity contribution >= 4 is 46.8 Å². The van der Waals surface area contributed by atoms with Gasteiger partial charge in [-0.25, -0.2) is 43.1 Å². The molecular formula is C72H73F3N18O6. The topological polar surface area (TPSA) is 248 Å². The van der Waals surface area contributed by atoms with E-state index in [4.69, 9.17) is 33.8 Å². The Balaban J connectivity index is 0.000000131. The van der Waals surface area contributed by atoms with Gasteiger partial charge in [0.2, 0.25) is 17.8 Å². The summed E-state index contributed by atoms with van der Waals surface area (Å²) >= 11 is 0. The van der Waals surface area contributed by atoms with Crippen LogP contribution >= 0.6 is 0 Å². The molecule has 8 aromatic heterocycles. The molecule has 1 saturated carbocycles. The van der Waals surface area contributed by atoms with Crippen LogP contribution < -0.4 is 30.2 Å². The van der Waals surface area contributed by atoms with Gasteiger partial charge in [0, 0.05) is 149 Å². The second-order valence-electron chi connectivity index (χ2n) is 25.2. The minimum Gasteiger partial charge on any atom is -0.493 e. The van der Waals surface area contributed by atoms with E-state index in [9.17, 15) is 18.0 Å². The second kappa shape index (κ2) is 27.2. The molecule has 0 radical (unpaired) electrons. The number of anilines is 3. The standard InChI is InChI=1S/C27H28FN5O.C23H24FN7O2.C21H21FN6O.CO2/c1-17-16-33-25(31-17)21(18-4-6-19(7-5-18)27(11-12-27)32(2)3)14-29-26(33)30-15-22-20-10-13-34-24(20)9-8-23(22)28;1-13-12-31-21(27-13)16(19-9-18(28-30(19)4)22(32)29(2)3)11-26-23(31)25-10-15-14-7-8-33-20(14)6-5-17(15)24;1-12-8-18(27(3)26-12)16-10-24-21(28-11-13(2)25-20(16)28)23-9-15-14-6-7-29-19(14)5-4-17(15)22;2-1-3/h4-9,14,16H,10-13,15H2,1-3H3,(H,29,30);5-6,9,11-12H,7-8,10H2,1-4H3,(H,25,26);4-5,8,10-11H,6-7,9H2,1-3H3,(H,23,24);. The lowest BCUT2D eigenvalue weighted by molar-refractivity contribution is -0.191. The van der Waals surface area contributed by atoms with Crippen molar-refractivity contribution in [3.8, 4) is 50.9 Å². The Morgan fingerprint density at radius 3 is 1.29 bits per heavy atom. The zero-order valence-electron chi connectivity index (χ0n) is 56.5. The number of amides is 1. The van der Waals surface area contributed by atoms with Crippen molar-refractivity contribution in [2.75, 3.05) is 64.0 Å². The van der Waals surface area contributed by atoms with E-state index in [0.29, 0.717) is 85.2 Å². The van der Waals surface area contributed by atoms with Crippen LogP contribution in [0.1, 0.15) is 85.0 Å². The summed E-state index contributed by atoms with van der Waals surface area (Å²) < 4.78 is 69.5. The maximum Gasteiger partial charge on any atom is 0.373 e. The normalized spacial score (nSPS) is 13.6. The van der Waals surface area contributed by atoms with E-state index in [1.54, 1.807) is 62.5 Å². The molecule has 27 heteroatoms. The van der Waals surface area contributed by atoms with E-state index < -0.39 is 0 Å². The zero-order chi connectivity index (χ0) is 69.6. The third-order valence-corrected chi connectivity index (χ3v) is 18.3. The van der Waals surface area contributed by atoms with Crippen LogP contribution in [0.3, 0.4) is 0 Å². The quantitative estimate of drug-likeness (QED) is 0.0863. The molecule has 11 heterocycles. The Labute approximate surface area is 567 Å². The largest absolute Gasteiger partial charge is 0.493 e. The van der Waals surface area contributed by atoms with Crippen LogP contribution in [-0.2, 0) is 68.1 Å². The Bertz CT molecular complexity index is 5120. The SMILES string of the molecule is Cc1cn2c(NCc3c(F)ccc4c3CCO4)ncc(-c3cc(C(=O)N(C)C)nn3C)c2n1.Cc1cn2c(NCc3c(F)ccc4c3CCO4)ncc(-c3cc(C)nn3C)c2n1.Cc1cn2c(NCc3c(F)ccc4c3CCO4)ncc(-c3ccc(C4(N(C)C)CC4)cc3)c2n1.O=C=O. The third kappa shape index (κ3) is 13.0. The Morgan fingerprint density at radius 1 is 0.535 bits per heavy atom. The lowest BCUT2D eigenvalue weighted by atomic mass is 10.00. The summed E-state index contributed by atoms with van der Waals surface area (Å²) in [4.78, 5) is 60.4. The first-order valence-electron chi connectivity index (χ1n) is 32.3. The molecule has 0 spiro atoms. The highest BCUT2D eigenvalue weighted by Gasteiger charge is 2.46. The number of hydrogen-bond donors (Lipinski definition) is 3. The average Bonchev–Trinajstić information content (AvgIpc) is 1.64. The molecule has 4 aromatic carbocycles. The highest BCUT2D eigenvalue weighted by Crippen LogP contribution is 2.50. The number of benzene rings is 4. The van der Waals surface area contributed by atoms with Crippen molar-refractivity contribution in [1.82, 2.24) is 72.5 Å². The Hall–Kier alpha value is -11.4. The molecule has 12 aromatic rings. The maximum atomic E-state index is 14.6. The van der Waals surface area contributed by atoms with E-state index >= 15 is 0 Å². The van der Waals surface area contributed by atoms with Gasteiger partial charge in [0.05, 0.1) is 65.1 Å². The van der Waals surface area contributed by atoms with Gasteiger partial charge in [-0.15, -0.1) is 0 Å². The van der Waals surface area contributed by atoms with Gasteiger partial charge in [-0.3, -0.25) is 32.3 Å². The van der Waals surface area contributed by atoms with Crippen molar-refractivity contribution in [3.05, 3.63) is 195 Å². The van der Waals surface area contributed by atoms with Crippen molar-refractivity contribution < 1.29 is 41.8 Å². The lowest BCUT2D eigenvalue weighted by Gasteiger charge is -2.24. The monoisotopic (exact) mass is 1340 g/mol. The van der Waals surface area contributed by atoms with Crippen LogP contribution in [0.25, 0.3) is 50.6 Å². The van der Waals surface area contributed by atoms with Crippen LogP contribution in [0.15, 0.2) is 110 Å². The second-order valence-corrected chi connectivity index (χ2v) is 25.2. The van der Waals surface area contributed by atoms with Crippen LogP contribution in [0.5, 0.6) is 17.2 Å². The van der Waals surface area contributed by atoms with Gasteiger partial charge in [-0.2, -0.15) is 19.8 Å². The molecule has 0 saturated heterocycles. The molecular weight excluding hydrogens is 1270 g/mol. The van der Waals surface area contributed by atoms with Gasteiger partial charge in [0.1, 0.15) is 40.3 Å². The molecule has 1 amide bonds. The van der Waals surface area contributed by atoms with Gasteiger partial charge in [-0.1, -0.05) is 24.3 Å². The van der Waals surface area contributed by atoms with E-state index in [2.05, 4.69) is 89.3 Å². The Morgan fingerprint density at radius 2 is 0.919 bits per heavy atom. The van der Waals surface area contributed by atoms with E-state index in [-0.39, 0.29) is 41.6 Å². The number of hydrogen-bond acceptors (Lipinski definition) is 18. The number of aryl methyl sites for hydroxylation is 6. The van der Waals surface area contributed by atoms with Gasteiger partial charge >= 0.3 is 6.15 Å². The summed E-state index contributed by atoms with van der Waals surface area (Å²) in [6, 6.07) is 22.0. The molecule has 24 nitrogen and oxygen atoms in total. The summed E-state index contributed by atoms with van der Waals surface area (Å²) in [5, 5.41) is 18.6. The highest BCUT2D eigenvalue weighted by atomic mass is 19.1. The van der Waals surface area contributed by atoms with E-state index in [1.807, 2.05) is 83.5 Å². The van der Waals surface area contributed by atoms with Crippen LogP contribution in [0.2, 0.25) is 0 Å². The Kier molecular flexibility index (Phi) is 18.2. The number of carbonyl (C=O) groups is 1. The number of nitrogens with zero attached hydrogens (tertiary/aromatic N) is 15. The highest BCUT2D eigenvalue weighted by molar-refractivity contribution is 5.94. The molecule has 3 N–H and O–H groups in total. The fourth-order valence-corrected chi connectivity index (χ4v) is 13.3. The van der Waals surface area contributed by atoms with Crippen molar-refractivity contribution in [2.45, 2.75) is 85.0 Å². The zero-order valence-corrected chi connectivity index (χ0v) is 56.5. The number of aromatic nitrogens is 13. The first-order chi connectivity index (χ1) is 47.7. The smallest absolute Gasteiger partial charge is 0.373 e. The average molecular weight is 1340 g/mol. The minimum atomic E-state index is -0.269. The number of nitrogens with one attached hydrogen (secondary N) is 3. The third-order valence-electron chi connectivity index (χ3n) is 18.3. The summed E-state index contributed by atoms with van der Waals surface area (Å²) in [6.45, 7) is 10.4. The molecule has 4 aliphatic rings. The van der Waals surface area contributed by atoms with Crippen LogP contribution in [0.4, 0.5) is 31.0 Å². The van der Waals surface area contributed by atoms with Crippen LogP contribution in [0, 0.1) is 45.1 Å². The molecule has 99 heavy (non-hydrogen) atoms. The number of ether oxygens (including phenoxy) is 3. The van der Waals surface area contributed by atoms with Crippen molar-refractivity contribution in [3.63, 3.8) is 0 Å². The predicted molar refractivity (Wildman–Crippen MR) is 364 cm³/mol. The fourth-order valence-electron chi connectivity index (χ4n) is 13.3. The molecule has 16 rings (SSSR count). The number of carbonyl (C=O) groups excluding carboxylic acids is 3. The first kappa shape index (κ1) is 66.2. The molecule has 3 aliphatic heterocycles. The summed E-state index contributed by atoms with van der Waals surface area (Å²) in [5.41, 5.74) is 17.6. The van der Waals surface area contributed by atoms with Gasteiger partial charge in [-0.05, 0) is 114 Å². The van der Waals surface area contributed by atoms with E-state index in [0.717, 1.165) is 114 Å². The summed E-state index contributed by atoms with van der Waals surface area (Å²) in [7, 11) is 11.4. The number of imidazole rings is 3. The van der Waals surface area contributed by atoms with Crippen molar-refractivity contribution in [1.29, 1.82) is 0 Å². The molecule has 508 valence electrons. The van der Waals surface area contributed by atoms with Gasteiger partial charge < -0.3 is 35.1 Å². The molecule has 1 aliphatic carbocycles. The molecule has 0 unspecified atom stereocenters. The predicted octanol–water partition coefficient (Wildman–Crippen LogP) is 10.6. The maximum absolute atomic E-state index is 14.6. The summed E-state index contributed by atoms with van der Waals surface area (Å²) in [6.07, 6.45) is 15.9. The number of fused-ring (bicyclic) bond motifs is 6. The van der Waals surface area contributed by atoms with Gasteiger partial charge in [0.15, 0.2) is 17.0 Å². The van der Waals surface area contributed by atoms with Crippen LogP contribution in [-0.4, -0.2) is 133 Å². The number of halogens is 3. The summed E-state index contributed by atoms with van der Waals surface area (Å²) in [5.74, 6) is 3.15. The molecule has 0 atom stereocenters. The number of rotatable bonds is 15.